The van der Waals surface area contributed by atoms with Gasteiger partial charge in [0.05, 0.1) is 22.0 Å². The first kappa shape index (κ1) is 19.3. The van der Waals surface area contributed by atoms with E-state index in [9.17, 15) is 13.2 Å². The molecule has 27 heavy (non-hydrogen) atoms. The average molecular weight is 405 g/mol. The van der Waals surface area contributed by atoms with Crippen LogP contribution in [0.2, 0.25) is 0 Å². The second-order valence-electron chi connectivity index (χ2n) is 5.84. The fraction of sp³-hybridized carbons (Fsp3) is 0.263. The van der Waals surface area contributed by atoms with Crippen molar-refractivity contribution in [1.82, 2.24) is 4.98 Å². The molecule has 0 spiro atoms. The highest BCUT2D eigenvalue weighted by molar-refractivity contribution is 7.91. The van der Waals surface area contributed by atoms with E-state index in [2.05, 4.69) is 10.3 Å². The highest BCUT2D eigenvalue weighted by Gasteiger charge is 2.15. The largest absolute Gasteiger partial charge is 0.492 e. The predicted octanol–water partition coefficient (Wildman–Crippen LogP) is 3.89. The minimum atomic E-state index is -3.37. The monoisotopic (exact) mass is 404 g/mol. The van der Waals surface area contributed by atoms with Gasteiger partial charge in [-0.3, -0.25) is 4.79 Å². The van der Waals surface area contributed by atoms with Crippen LogP contribution in [0.15, 0.2) is 53.4 Å². The van der Waals surface area contributed by atoms with E-state index in [0.29, 0.717) is 23.0 Å². The fourth-order valence-corrected chi connectivity index (χ4v) is 4.83. The summed E-state index contributed by atoms with van der Waals surface area (Å²) in [6.07, 6.45) is 0.360. The first-order chi connectivity index (χ1) is 13.0. The zero-order valence-electron chi connectivity index (χ0n) is 14.8. The summed E-state index contributed by atoms with van der Waals surface area (Å²) < 4.78 is 30.9. The van der Waals surface area contributed by atoms with E-state index in [-0.39, 0.29) is 29.4 Å². The average Bonchev–Trinajstić information content (AvgIpc) is 3.06. The molecule has 1 amide bonds. The van der Waals surface area contributed by atoms with Crippen LogP contribution in [-0.2, 0) is 14.6 Å². The van der Waals surface area contributed by atoms with Crippen LogP contribution < -0.4 is 10.1 Å². The van der Waals surface area contributed by atoms with Gasteiger partial charge in [-0.2, -0.15) is 0 Å². The number of rotatable bonds is 8. The second kappa shape index (κ2) is 8.49. The number of fused-ring (bicyclic) bond motifs is 1. The summed E-state index contributed by atoms with van der Waals surface area (Å²) in [6, 6.07) is 13.9. The van der Waals surface area contributed by atoms with Crippen molar-refractivity contribution in [3.05, 3.63) is 48.5 Å². The van der Waals surface area contributed by atoms with E-state index in [4.69, 9.17) is 4.74 Å². The molecule has 0 aliphatic carbocycles. The normalized spacial score (nSPS) is 11.4. The Labute approximate surface area is 162 Å². The number of nitrogens with one attached hydrogen (secondary N) is 1. The van der Waals surface area contributed by atoms with Crippen molar-refractivity contribution in [2.45, 2.75) is 24.7 Å². The van der Waals surface area contributed by atoms with Gasteiger partial charge in [0.2, 0.25) is 5.91 Å². The first-order valence-corrected chi connectivity index (χ1v) is 11.1. The molecule has 2 aromatic carbocycles. The van der Waals surface area contributed by atoms with Crippen molar-refractivity contribution in [1.29, 1.82) is 0 Å². The van der Waals surface area contributed by atoms with Gasteiger partial charge < -0.3 is 10.1 Å². The van der Waals surface area contributed by atoms with Crippen molar-refractivity contribution in [2.24, 2.45) is 0 Å². The van der Waals surface area contributed by atoms with Crippen molar-refractivity contribution >= 4 is 42.4 Å². The van der Waals surface area contributed by atoms with Gasteiger partial charge in [-0.1, -0.05) is 35.6 Å². The standard InChI is InChI=1S/C19H20N2O4S2/c1-2-25-15-10-6-11-16-18(15)21-19(26-16)20-17(22)12-7-13-27(23,24)14-8-4-3-5-9-14/h3-6,8-11H,2,7,12-13H2,1H3,(H,20,21,22). The molecule has 1 aromatic heterocycles. The lowest BCUT2D eigenvalue weighted by molar-refractivity contribution is -0.116. The van der Waals surface area contributed by atoms with Gasteiger partial charge in [-0.05, 0) is 37.6 Å². The summed E-state index contributed by atoms with van der Waals surface area (Å²) in [5.41, 5.74) is 0.714. The lowest BCUT2D eigenvalue weighted by Gasteiger charge is -2.04. The number of carbonyl (C=O) groups is 1. The maximum Gasteiger partial charge on any atom is 0.226 e. The minimum Gasteiger partial charge on any atom is -0.492 e. The molecule has 0 unspecified atom stereocenters. The van der Waals surface area contributed by atoms with Crippen LogP contribution in [0.25, 0.3) is 10.2 Å². The number of carbonyl (C=O) groups excluding carboxylic acids is 1. The molecule has 0 aliphatic heterocycles. The Balaban J connectivity index is 1.58. The lowest BCUT2D eigenvalue weighted by atomic mass is 10.3. The summed E-state index contributed by atoms with van der Waals surface area (Å²) in [6.45, 7) is 2.44. The molecule has 0 fully saturated rings. The summed E-state index contributed by atoms with van der Waals surface area (Å²) in [4.78, 5) is 16.8. The number of sulfone groups is 1. The molecule has 0 saturated carbocycles. The summed E-state index contributed by atoms with van der Waals surface area (Å²) in [5, 5.41) is 3.22. The maximum absolute atomic E-state index is 12.2. The van der Waals surface area contributed by atoms with Crippen LogP contribution in [0.5, 0.6) is 5.75 Å². The fourth-order valence-electron chi connectivity index (χ4n) is 2.60. The molecular weight excluding hydrogens is 384 g/mol. The number of ether oxygens (including phenoxy) is 1. The molecule has 0 atom stereocenters. The van der Waals surface area contributed by atoms with E-state index in [1.54, 1.807) is 30.3 Å². The molecule has 1 heterocycles. The Morgan fingerprint density at radius 3 is 2.67 bits per heavy atom. The molecule has 3 aromatic rings. The molecule has 8 heteroatoms. The van der Waals surface area contributed by atoms with E-state index in [1.807, 2.05) is 25.1 Å². The van der Waals surface area contributed by atoms with Gasteiger partial charge in [0.25, 0.3) is 0 Å². The number of hydrogen-bond donors (Lipinski definition) is 1. The van der Waals surface area contributed by atoms with Crippen LogP contribution >= 0.6 is 11.3 Å². The lowest BCUT2D eigenvalue weighted by Crippen LogP contribution is -2.14. The highest BCUT2D eigenvalue weighted by atomic mass is 32.2. The highest BCUT2D eigenvalue weighted by Crippen LogP contribution is 2.32. The van der Waals surface area contributed by atoms with E-state index >= 15 is 0 Å². The number of anilines is 1. The smallest absolute Gasteiger partial charge is 0.226 e. The van der Waals surface area contributed by atoms with Crippen molar-refractivity contribution < 1.29 is 17.9 Å². The van der Waals surface area contributed by atoms with Crippen molar-refractivity contribution in [2.75, 3.05) is 17.7 Å². The zero-order valence-corrected chi connectivity index (χ0v) is 16.5. The third kappa shape index (κ3) is 4.84. The molecule has 0 radical (unpaired) electrons. The first-order valence-electron chi connectivity index (χ1n) is 8.59. The molecule has 0 bridgehead atoms. The molecule has 1 N–H and O–H groups in total. The summed E-state index contributed by atoms with van der Waals surface area (Å²) in [5.74, 6) is 0.356. The number of para-hydroxylation sites is 1. The van der Waals surface area contributed by atoms with Gasteiger partial charge in [0.1, 0.15) is 11.3 Å². The Morgan fingerprint density at radius 1 is 1.15 bits per heavy atom. The maximum atomic E-state index is 12.2. The molecule has 0 saturated heterocycles. The molecule has 3 rings (SSSR count). The number of benzene rings is 2. The van der Waals surface area contributed by atoms with Crippen LogP contribution in [0.4, 0.5) is 5.13 Å². The molecular formula is C19H20N2O4S2. The number of thiazole rings is 1. The zero-order chi connectivity index (χ0) is 19.3. The Morgan fingerprint density at radius 2 is 1.93 bits per heavy atom. The Hall–Kier alpha value is -2.45. The van der Waals surface area contributed by atoms with Crippen molar-refractivity contribution in [3.63, 3.8) is 0 Å². The topological polar surface area (TPSA) is 85.4 Å². The van der Waals surface area contributed by atoms with Crippen LogP contribution in [0.1, 0.15) is 19.8 Å². The van der Waals surface area contributed by atoms with Crippen molar-refractivity contribution in [3.8, 4) is 5.75 Å². The van der Waals surface area contributed by atoms with E-state index in [1.165, 1.54) is 11.3 Å². The quantitative estimate of drug-likeness (QED) is 0.616. The van der Waals surface area contributed by atoms with Gasteiger partial charge in [-0.25, -0.2) is 13.4 Å². The van der Waals surface area contributed by atoms with Crippen LogP contribution in [0, 0.1) is 0 Å². The number of amides is 1. The molecule has 6 nitrogen and oxygen atoms in total. The third-order valence-electron chi connectivity index (χ3n) is 3.85. The number of aromatic nitrogens is 1. The van der Waals surface area contributed by atoms with Gasteiger partial charge in [0, 0.05) is 6.42 Å². The Kier molecular flexibility index (Phi) is 6.08. The number of nitrogens with zero attached hydrogens (tertiary/aromatic N) is 1. The number of hydrogen-bond acceptors (Lipinski definition) is 6. The van der Waals surface area contributed by atoms with Gasteiger partial charge >= 0.3 is 0 Å². The minimum absolute atomic E-state index is 0.0707. The Bertz CT molecular complexity index is 1030. The molecule has 142 valence electrons. The van der Waals surface area contributed by atoms with Crippen LogP contribution in [-0.4, -0.2) is 31.7 Å². The summed E-state index contributed by atoms with van der Waals surface area (Å²) in [7, 11) is -3.37. The van der Waals surface area contributed by atoms with E-state index in [0.717, 1.165) is 4.70 Å². The summed E-state index contributed by atoms with van der Waals surface area (Å²) >= 11 is 1.36. The SMILES string of the molecule is CCOc1cccc2sc(NC(=O)CCCS(=O)(=O)c3ccccc3)nc12. The molecule has 0 aliphatic rings. The second-order valence-corrected chi connectivity index (χ2v) is 8.98. The van der Waals surface area contributed by atoms with Gasteiger partial charge in [0.15, 0.2) is 15.0 Å². The third-order valence-corrected chi connectivity index (χ3v) is 6.60. The van der Waals surface area contributed by atoms with E-state index < -0.39 is 9.84 Å². The van der Waals surface area contributed by atoms with Gasteiger partial charge in [-0.15, -0.1) is 0 Å². The predicted molar refractivity (Wildman–Crippen MR) is 107 cm³/mol. The van der Waals surface area contributed by atoms with Crippen LogP contribution in [0.3, 0.4) is 0 Å².